The first-order valence-corrected chi connectivity index (χ1v) is 8.09. The summed E-state index contributed by atoms with van der Waals surface area (Å²) in [5.41, 5.74) is 7.30. The Morgan fingerprint density at radius 3 is 2.94 bits per heavy atom. The van der Waals surface area contributed by atoms with Crippen LogP contribution in [0.5, 0.6) is 0 Å². The van der Waals surface area contributed by atoms with Crippen molar-refractivity contribution in [1.29, 1.82) is 0 Å². The highest BCUT2D eigenvalue weighted by atomic mass is 79.9. The summed E-state index contributed by atoms with van der Waals surface area (Å²) in [7, 11) is 1.81. The number of thiophene rings is 1. The van der Waals surface area contributed by atoms with Gasteiger partial charge in [-0.3, -0.25) is 4.90 Å². The van der Waals surface area contributed by atoms with Crippen molar-refractivity contribution < 1.29 is 4.74 Å². The summed E-state index contributed by atoms with van der Waals surface area (Å²) in [6, 6.07) is 0.302. The van der Waals surface area contributed by atoms with Crippen molar-refractivity contribution in [3.8, 4) is 0 Å². The number of nitrogens with two attached hydrogens (primary N) is 1. The summed E-state index contributed by atoms with van der Waals surface area (Å²) < 4.78 is 6.76. The molecule has 0 radical (unpaired) electrons. The number of hydrogen-bond acceptors (Lipinski definition) is 4. The average Bonchev–Trinajstić information content (AvgIpc) is 2.79. The Labute approximate surface area is 121 Å². The van der Waals surface area contributed by atoms with E-state index in [1.165, 1.54) is 16.5 Å². The smallest absolute Gasteiger partial charge is 0.0724 e. The van der Waals surface area contributed by atoms with E-state index in [9.17, 15) is 0 Å². The molecule has 2 rings (SSSR count). The van der Waals surface area contributed by atoms with E-state index in [0.29, 0.717) is 24.6 Å². The minimum Gasteiger partial charge on any atom is -0.380 e. The van der Waals surface area contributed by atoms with Gasteiger partial charge in [-0.1, -0.05) is 6.92 Å². The third kappa shape index (κ3) is 2.96. The van der Waals surface area contributed by atoms with Crippen LogP contribution in [-0.2, 0) is 4.74 Å². The highest BCUT2D eigenvalue weighted by molar-refractivity contribution is 9.10. The zero-order valence-electron chi connectivity index (χ0n) is 10.9. The maximum absolute atomic E-state index is 5.99. The fourth-order valence-corrected chi connectivity index (χ4v) is 4.26. The molecule has 3 nitrogen and oxygen atoms in total. The highest BCUT2D eigenvalue weighted by Gasteiger charge is 2.31. The lowest BCUT2D eigenvalue weighted by Crippen LogP contribution is -2.47. The summed E-state index contributed by atoms with van der Waals surface area (Å²) in [6.45, 7) is 5.00. The normalized spacial score (nSPS) is 27.3. The van der Waals surface area contributed by atoms with Crippen LogP contribution < -0.4 is 5.73 Å². The topological polar surface area (TPSA) is 38.5 Å². The Morgan fingerprint density at radius 2 is 2.39 bits per heavy atom. The number of likely N-dealkylation sites (tertiary alicyclic amines) is 1. The van der Waals surface area contributed by atoms with Crippen molar-refractivity contribution in [2.75, 3.05) is 26.7 Å². The molecular weight excluding hydrogens is 312 g/mol. The number of methoxy groups -OCH3 is 1. The molecule has 0 amide bonds. The van der Waals surface area contributed by atoms with Crippen LogP contribution in [0.4, 0.5) is 0 Å². The molecule has 18 heavy (non-hydrogen) atoms. The molecule has 102 valence electrons. The Hall–Kier alpha value is 0.0600. The van der Waals surface area contributed by atoms with Gasteiger partial charge < -0.3 is 10.5 Å². The SMILES string of the molecule is COC1CN(C(CN)c2cscc2Br)CCC1C. The van der Waals surface area contributed by atoms with E-state index in [1.807, 2.05) is 7.11 Å². The molecule has 0 aromatic carbocycles. The predicted octanol–water partition coefficient (Wildman–Crippen LogP) is 2.87. The first-order valence-electron chi connectivity index (χ1n) is 6.35. The van der Waals surface area contributed by atoms with Gasteiger partial charge in [-0.05, 0) is 45.8 Å². The third-order valence-electron chi connectivity index (χ3n) is 3.89. The van der Waals surface area contributed by atoms with Crippen molar-refractivity contribution in [3.05, 3.63) is 20.8 Å². The van der Waals surface area contributed by atoms with Gasteiger partial charge in [0.05, 0.1) is 6.10 Å². The number of halogens is 1. The Morgan fingerprint density at radius 1 is 1.61 bits per heavy atom. The van der Waals surface area contributed by atoms with Crippen LogP contribution in [0.15, 0.2) is 15.2 Å². The monoisotopic (exact) mass is 332 g/mol. The number of piperidine rings is 1. The molecule has 0 saturated carbocycles. The summed E-state index contributed by atoms with van der Waals surface area (Å²) in [5, 5.41) is 4.32. The molecule has 5 heteroatoms. The lowest BCUT2D eigenvalue weighted by molar-refractivity contribution is -0.0183. The number of ether oxygens (including phenoxy) is 1. The van der Waals surface area contributed by atoms with Gasteiger partial charge in [0.15, 0.2) is 0 Å². The summed E-state index contributed by atoms with van der Waals surface area (Å²) >= 11 is 5.34. The summed E-state index contributed by atoms with van der Waals surface area (Å²) in [4.78, 5) is 2.46. The van der Waals surface area contributed by atoms with Crippen LogP contribution in [-0.4, -0.2) is 37.7 Å². The fourth-order valence-electron chi connectivity index (χ4n) is 2.65. The van der Waals surface area contributed by atoms with Crippen molar-refractivity contribution in [1.82, 2.24) is 4.90 Å². The van der Waals surface area contributed by atoms with Gasteiger partial charge in [0.1, 0.15) is 0 Å². The molecule has 1 aromatic heterocycles. The van der Waals surface area contributed by atoms with Crippen LogP contribution in [0.25, 0.3) is 0 Å². The second-order valence-electron chi connectivity index (χ2n) is 4.96. The Bertz CT molecular complexity index is 385. The second kappa shape index (κ2) is 6.48. The van der Waals surface area contributed by atoms with Gasteiger partial charge >= 0.3 is 0 Å². The van der Waals surface area contributed by atoms with Gasteiger partial charge in [0.25, 0.3) is 0 Å². The molecule has 0 bridgehead atoms. The maximum atomic E-state index is 5.99. The van der Waals surface area contributed by atoms with Crippen LogP contribution in [0.2, 0.25) is 0 Å². The predicted molar refractivity (Wildman–Crippen MR) is 80.0 cm³/mol. The summed E-state index contributed by atoms with van der Waals surface area (Å²) in [6.07, 6.45) is 1.50. The largest absolute Gasteiger partial charge is 0.380 e. The van der Waals surface area contributed by atoms with Crippen LogP contribution in [0, 0.1) is 5.92 Å². The number of rotatable bonds is 4. The second-order valence-corrected chi connectivity index (χ2v) is 6.56. The van der Waals surface area contributed by atoms with Gasteiger partial charge in [0, 0.05) is 36.1 Å². The molecule has 1 aliphatic rings. The molecule has 0 spiro atoms. The van der Waals surface area contributed by atoms with Crippen LogP contribution >= 0.6 is 27.3 Å². The van der Waals surface area contributed by atoms with E-state index in [2.05, 4.69) is 38.5 Å². The molecule has 1 aromatic rings. The van der Waals surface area contributed by atoms with Gasteiger partial charge in [-0.25, -0.2) is 0 Å². The molecule has 3 unspecified atom stereocenters. The van der Waals surface area contributed by atoms with E-state index in [4.69, 9.17) is 10.5 Å². The molecular formula is C13H21BrN2OS. The third-order valence-corrected chi connectivity index (χ3v) is 5.64. The maximum Gasteiger partial charge on any atom is 0.0724 e. The van der Waals surface area contributed by atoms with Gasteiger partial charge in [-0.2, -0.15) is 11.3 Å². The molecule has 1 aliphatic heterocycles. The van der Waals surface area contributed by atoms with Gasteiger partial charge in [-0.15, -0.1) is 0 Å². The van der Waals surface area contributed by atoms with E-state index in [1.54, 1.807) is 11.3 Å². The van der Waals surface area contributed by atoms with Gasteiger partial charge in [0.2, 0.25) is 0 Å². The van der Waals surface area contributed by atoms with Crippen molar-refractivity contribution in [2.45, 2.75) is 25.5 Å². The van der Waals surface area contributed by atoms with Crippen molar-refractivity contribution in [2.24, 2.45) is 11.7 Å². The lowest BCUT2D eigenvalue weighted by Gasteiger charge is -2.40. The van der Waals surface area contributed by atoms with Crippen molar-refractivity contribution >= 4 is 27.3 Å². The molecule has 0 aliphatic carbocycles. The van der Waals surface area contributed by atoms with Crippen LogP contribution in [0.3, 0.4) is 0 Å². The fraction of sp³-hybridized carbons (Fsp3) is 0.692. The standard InChI is InChI=1S/C13H21BrN2OS/c1-9-3-4-16(6-13(9)17-2)12(5-15)10-7-18-8-11(10)14/h7-9,12-13H,3-6,15H2,1-2H3. The first kappa shape index (κ1) is 14.5. The van der Waals surface area contributed by atoms with E-state index in [0.717, 1.165) is 13.1 Å². The molecule has 1 saturated heterocycles. The van der Waals surface area contributed by atoms with Crippen LogP contribution in [0.1, 0.15) is 24.9 Å². The number of nitrogens with zero attached hydrogens (tertiary/aromatic N) is 1. The van der Waals surface area contributed by atoms with E-state index < -0.39 is 0 Å². The van der Waals surface area contributed by atoms with E-state index >= 15 is 0 Å². The molecule has 1 fully saturated rings. The quantitative estimate of drug-likeness (QED) is 0.921. The molecule has 2 heterocycles. The summed E-state index contributed by atoms with van der Waals surface area (Å²) in [5.74, 6) is 0.635. The highest BCUT2D eigenvalue weighted by Crippen LogP contribution is 2.33. The zero-order valence-corrected chi connectivity index (χ0v) is 13.3. The van der Waals surface area contributed by atoms with Crippen molar-refractivity contribution in [3.63, 3.8) is 0 Å². The Balaban J connectivity index is 2.12. The zero-order chi connectivity index (χ0) is 13.1. The molecule has 2 N–H and O–H groups in total. The Kier molecular flexibility index (Phi) is 5.21. The number of hydrogen-bond donors (Lipinski definition) is 1. The van der Waals surface area contributed by atoms with E-state index in [-0.39, 0.29) is 0 Å². The molecule has 3 atom stereocenters. The minimum absolute atomic E-state index is 0.302. The average molecular weight is 333 g/mol. The minimum atomic E-state index is 0.302. The lowest BCUT2D eigenvalue weighted by atomic mass is 9.93. The first-order chi connectivity index (χ1) is 8.67.